The van der Waals surface area contributed by atoms with Gasteiger partial charge in [-0.2, -0.15) is 4.98 Å². The van der Waals surface area contributed by atoms with E-state index in [1.165, 1.54) is 18.2 Å². The van der Waals surface area contributed by atoms with Crippen LogP contribution in [0.3, 0.4) is 0 Å². The fourth-order valence-electron chi connectivity index (χ4n) is 4.52. The Morgan fingerprint density at radius 3 is 2.44 bits per heavy atom. The third-order valence-electron chi connectivity index (χ3n) is 6.62. The molecule has 0 aliphatic carbocycles. The fourth-order valence-corrected chi connectivity index (χ4v) is 4.52. The molecule has 1 aliphatic rings. The van der Waals surface area contributed by atoms with Crippen LogP contribution in [0.25, 0.3) is 11.3 Å². The lowest BCUT2D eigenvalue weighted by Crippen LogP contribution is -2.44. The fraction of sp³-hybridized carbons (Fsp3) is 0.194. The highest BCUT2D eigenvalue weighted by Gasteiger charge is 2.15. The second-order valence-electron chi connectivity index (χ2n) is 9.61. The first kappa shape index (κ1) is 26.1. The smallest absolute Gasteiger partial charge is 0.229 e. The molecule has 5 rings (SSSR count). The average molecular weight is 523 g/mol. The summed E-state index contributed by atoms with van der Waals surface area (Å²) in [7, 11) is 2.14. The van der Waals surface area contributed by atoms with Gasteiger partial charge in [-0.05, 0) is 61.2 Å². The number of anilines is 5. The van der Waals surface area contributed by atoms with E-state index >= 15 is 0 Å². The molecule has 0 radical (unpaired) electrons. The van der Waals surface area contributed by atoms with Crippen molar-refractivity contribution in [2.75, 3.05) is 48.8 Å². The molecule has 8 heteroatoms. The quantitative estimate of drug-likeness (QED) is 0.268. The van der Waals surface area contributed by atoms with Gasteiger partial charge in [-0.25, -0.2) is 9.37 Å². The molecule has 1 aliphatic heterocycles. The minimum absolute atomic E-state index is 0.0501. The van der Waals surface area contributed by atoms with E-state index in [-0.39, 0.29) is 18.0 Å². The van der Waals surface area contributed by atoms with Gasteiger partial charge in [0.1, 0.15) is 11.6 Å². The van der Waals surface area contributed by atoms with Crippen LogP contribution >= 0.6 is 0 Å². The first-order valence-electron chi connectivity index (χ1n) is 12.9. The summed E-state index contributed by atoms with van der Waals surface area (Å²) in [6.07, 6.45) is 1.59. The zero-order valence-electron chi connectivity index (χ0n) is 21.9. The predicted molar refractivity (Wildman–Crippen MR) is 155 cm³/mol. The van der Waals surface area contributed by atoms with Gasteiger partial charge in [0.2, 0.25) is 5.95 Å². The van der Waals surface area contributed by atoms with Crippen molar-refractivity contribution in [2.24, 2.45) is 0 Å². The summed E-state index contributed by atoms with van der Waals surface area (Å²) in [6, 6.07) is 23.9. The second kappa shape index (κ2) is 11.9. The van der Waals surface area contributed by atoms with Gasteiger partial charge < -0.3 is 20.4 Å². The highest BCUT2D eigenvalue weighted by Crippen LogP contribution is 2.28. The number of nitrogens with one attached hydrogen (secondary N) is 2. The van der Waals surface area contributed by atoms with Gasteiger partial charge in [0.25, 0.3) is 0 Å². The van der Waals surface area contributed by atoms with Gasteiger partial charge in [0.15, 0.2) is 5.78 Å². The molecule has 39 heavy (non-hydrogen) atoms. The lowest BCUT2D eigenvalue weighted by molar-refractivity contribution is -0.114. The van der Waals surface area contributed by atoms with E-state index in [0.717, 1.165) is 48.7 Å². The Hall–Kier alpha value is -4.56. The molecule has 1 fully saturated rings. The monoisotopic (exact) mass is 522 g/mol. The van der Waals surface area contributed by atoms with Crippen molar-refractivity contribution in [3.05, 3.63) is 103 Å². The topological polar surface area (TPSA) is 73.4 Å². The summed E-state index contributed by atoms with van der Waals surface area (Å²) in [5.41, 5.74) is 4.95. The number of hydrogen-bond acceptors (Lipinski definition) is 7. The van der Waals surface area contributed by atoms with Gasteiger partial charge in [-0.1, -0.05) is 36.9 Å². The molecule has 0 amide bonds. The molecule has 2 heterocycles. The minimum Gasteiger partial charge on any atom is -0.369 e. The Balaban J connectivity index is 1.47. The van der Waals surface area contributed by atoms with E-state index in [0.29, 0.717) is 23.1 Å². The Labute approximate surface area is 228 Å². The van der Waals surface area contributed by atoms with E-state index < -0.39 is 0 Å². The first-order valence-corrected chi connectivity index (χ1v) is 12.9. The largest absolute Gasteiger partial charge is 0.369 e. The van der Waals surface area contributed by atoms with E-state index in [1.807, 2.05) is 42.5 Å². The summed E-state index contributed by atoms with van der Waals surface area (Å²) in [4.78, 5) is 26.1. The van der Waals surface area contributed by atoms with Crippen LogP contribution in [0.1, 0.15) is 5.56 Å². The molecular weight excluding hydrogens is 491 g/mol. The lowest BCUT2D eigenvalue weighted by atomic mass is 10.0. The number of piperazine rings is 1. The minimum atomic E-state index is -0.340. The highest BCUT2D eigenvalue weighted by atomic mass is 19.1. The third-order valence-corrected chi connectivity index (χ3v) is 6.62. The number of likely N-dealkylation sites (N-methyl/N-ethyl adjacent to an activating group) is 1. The number of halogens is 1. The van der Waals surface area contributed by atoms with Gasteiger partial charge in [-0.3, -0.25) is 4.79 Å². The van der Waals surface area contributed by atoms with Crippen LogP contribution < -0.4 is 15.5 Å². The summed E-state index contributed by atoms with van der Waals surface area (Å²) in [6.45, 7) is 7.55. The van der Waals surface area contributed by atoms with E-state index in [1.54, 1.807) is 12.1 Å². The Morgan fingerprint density at radius 1 is 0.923 bits per heavy atom. The van der Waals surface area contributed by atoms with E-state index in [4.69, 9.17) is 4.98 Å². The van der Waals surface area contributed by atoms with Crippen LogP contribution in [0.15, 0.2) is 91.5 Å². The van der Waals surface area contributed by atoms with Crippen LogP contribution in [-0.4, -0.2) is 53.9 Å². The molecule has 1 aromatic heterocycles. The maximum Gasteiger partial charge on any atom is 0.229 e. The standard InChI is InChI=1S/C31H31FN6O/c1-3-28(39)18-22-7-4-8-23(17-22)29-21-30(33-25-10-5-9-24(32)19-25)36-31(35-29)34-26-11-6-12-27(20-26)38-15-13-37(2)14-16-38/h3-12,17,19-21H,1,13-16,18H2,2H3,(H2,33,34,35,36). The average Bonchev–Trinajstić information content (AvgIpc) is 2.93. The number of hydrogen-bond donors (Lipinski definition) is 2. The SMILES string of the molecule is C=CC(=O)Cc1cccc(-c2cc(Nc3cccc(F)c3)nc(Nc3cccc(N4CCN(C)CC4)c3)n2)c1. The molecule has 2 N–H and O–H groups in total. The maximum absolute atomic E-state index is 13.8. The van der Waals surface area contributed by atoms with Crippen LogP contribution in [0.4, 0.5) is 33.2 Å². The Kier molecular flexibility index (Phi) is 7.94. The van der Waals surface area contributed by atoms with Crippen molar-refractivity contribution in [1.82, 2.24) is 14.9 Å². The molecule has 0 atom stereocenters. The number of aromatic nitrogens is 2. The maximum atomic E-state index is 13.8. The molecular formula is C31H31FN6O. The van der Waals surface area contributed by atoms with Crippen molar-refractivity contribution < 1.29 is 9.18 Å². The second-order valence-corrected chi connectivity index (χ2v) is 9.61. The molecule has 198 valence electrons. The van der Waals surface area contributed by atoms with Crippen molar-refractivity contribution >= 4 is 34.6 Å². The van der Waals surface area contributed by atoms with Gasteiger partial charge in [0.05, 0.1) is 5.69 Å². The molecule has 1 saturated heterocycles. The first-order chi connectivity index (χ1) is 18.9. The summed E-state index contributed by atoms with van der Waals surface area (Å²) in [5.74, 6) is 0.518. The molecule has 4 aromatic rings. The van der Waals surface area contributed by atoms with Gasteiger partial charge >= 0.3 is 0 Å². The van der Waals surface area contributed by atoms with Crippen molar-refractivity contribution in [3.8, 4) is 11.3 Å². The van der Waals surface area contributed by atoms with Crippen molar-refractivity contribution in [1.29, 1.82) is 0 Å². The summed E-state index contributed by atoms with van der Waals surface area (Å²) in [5, 5.41) is 6.55. The molecule has 0 unspecified atom stereocenters. The van der Waals surface area contributed by atoms with Crippen LogP contribution in [0, 0.1) is 5.82 Å². The summed E-state index contributed by atoms with van der Waals surface area (Å²) < 4.78 is 13.8. The third kappa shape index (κ3) is 6.86. The molecule has 0 spiro atoms. The predicted octanol–water partition coefficient (Wildman–Crippen LogP) is 5.82. The number of carbonyl (C=O) groups is 1. The lowest BCUT2D eigenvalue weighted by Gasteiger charge is -2.34. The Morgan fingerprint density at radius 2 is 1.67 bits per heavy atom. The number of carbonyl (C=O) groups excluding carboxylic acids is 1. The molecule has 0 bridgehead atoms. The van der Waals surface area contributed by atoms with Crippen molar-refractivity contribution in [3.63, 3.8) is 0 Å². The Bertz CT molecular complexity index is 1480. The van der Waals surface area contributed by atoms with Gasteiger partial charge in [0, 0.05) is 61.3 Å². The van der Waals surface area contributed by atoms with Crippen LogP contribution in [-0.2, 0) is 11.2 Å². The molecule has 0 saturated carbocycles. The number of benzene rings is 3. The number of rotatable bonds is 9. The summed E-state index contributed by atoms with van der Waals surface area (Å²) >= 11 is 0. The van der Waals surface area contributed by atoms with Crippen LogP contribution in [0.2, 0.25) is 0 Å². The van der Waals surface area contributed by atoms with Crippen molar-refractivity contribution in [2.45, 2.75) is 6.42 Å². The number of allylic oxidation sites excluding steroid dienone is 1. The zero-order chi connectivity index (χ0) is 27.2. The molecule has 3 aromatic carbocycles. The zero-order valence-corrected chi connectivity index (χ0v) is 21.9. The van der Waals surface area contributed by atoms with Crippen LogP contribution in [0.5, 0.6) is 0 Å². The van der Waals surface area contributed by atoms with E-state index in [9.17, 15) is 9.18 Å². The highest BCUT2D eigenvalue weighted by molar-refractivity contribution is 5.91. The molecule has 7 nitrogen and oxygen atoms in total. The normalized spacial score (nSPS) is 13.6. The number of ketones is 1. The van der Waals surface area contributed by atoms with Gasteiger partial charge in [-0.15, -0.1) is 0 Å². The van der Waals surface area contributed by atoms with E-state index in [2.05, 4.69) is 51.2 Å². The number of nitrogens with zero attached hydrogens (tertiary/aromatic N) is 4.